The first-order valence-electron chi connectivity index (χ1n) is 8.66. The van der Waals surface area contributed by atoms with Gasteiger partial charge in [-0.2, -0.15) is 5.10 Å². The van der Waals surface area contributed by atoms with Crippen LogP contribution in [0.1, 0.15) is 17.5 Å². The van der Waals surface area contributed by atoms with Crippen LogP contribution in [0, 0.1) is 11.7 Å². The lowest BCUT2D eigenvalue weighted by Crippen LogP contribution is -2.26. The molecule has 1 heterocycles. The zero-order valence-electron chi connectivity index (χ0n) is 14.7. The van der Waals surface area contributed by atoms with Gasteiger partial charge in [-0.3, -0.25) is 14.5 Å². The first kappa shape index (κ1) is 18.1. The second-order valence-electron chi connectivity index (χ2n) is 6.21. The van der Waals surface area contributed by atoms with E-state index in [9.17, 15) is 4.79 Å². The molecular formula is C20H22N4OS. The quantitative estimate of drug-likeness (QED) is 0.627. The van der Waals surface area contributed by atoms with Crippen molar-refractivity contribution in [1.82, 2.24) is 20.1 Å². The average Bonchev–Trinajstić information content (AvgIpc) is 3.01. The van der Waals surface area contributed by atoms with E-state index in [0.29, 0.717) is 24.3 Å². The summed E-state index contributed by atoms with van der Waals surface area (Å²) in [5.74, 6) is 0.773. The summed E-state index contributed by atoms with van der Waals surface area (Å²) in [6.07, 6.45) is 1.19. The van der Waals surface area contributed by atoms with Gasteiger partial charge in [0.25, 0.3) is 0 Å². The summed E-state index contributed by atoms with van der Waals surface area (Å²) in [5, 5.41) is 10.1. The molecule has 0 aliphatic carbocycles. The summed E-state index contributed by atoms with van der Waals surface area (Å²) >= 11 is 5.32. The lowest BCUT2D eigenvalue weighted by molar-refractivity contribution is -0.121. The maximum atomic E-state index is 12.2. The van der Waals surface area contributed by atoms with Gasteiger partial charge in [0.05, 0.1) is 0 Å². The highest BCUT2D eigenvalue weighted by Gasteiger charge is 2.10. The summed E-state index contributed by atoms with van der Waals surface area (Å²) in [7, 11) is 0. The van der Waals surface area contributed by atoms with Crippen LogP contribution in [0.3, 0.4) is 0 Å². The maximum Gasteiger partial charge on any atom is 0.221 e. The largest absolute Gasteiger partial charge is 0.356 e. The summed E-state index contributed by atoms with van der Waals surface area (Å²) in [6.45, 7) is 3.16. The minimum absolute atomic E-state index is 0.0132. The lowest BCUT2D eigenvalue weighted by Gasteiger charge is -2.08. The van der Waals surface area contributed by atoms with Gasteiger partial charge < -0.3 is 5.32 Å². The second-order valence-corrected chi connectivity index (χ2v) is 6.60. The van der Waals surface area contributed by atoms with Crippen LogP contribution in [0.15, 0.2) is 54.6 Å². The molecule has 134 valence electrons. The standard InChI is InChI=1S/C20H22N4OS/c1-15-6-5-9-17(14-15)19-22-23-20(26)24(19)13-11-18(25)21-12-10-16-7-3-2-4-8-16/h2-9,14H,10-13H2,1H3,(H,21,25)(H,23,26). The van der Waals surface area contributed by atoms with E-state index in [1.807, 2.05) is 47.9 Å². The molecule has 3 rings (SSSR count). The number of rotatable bonds is 7. The molecule has 0 unspecified atom stereocenters. The number of aromatic nitrogens is 3. The molecule has 0 saturated heterocycles. The SMILES string of the molecule is Cc1cccc(-c2n[nH]c(=S)n2CCC(=O)NCCc2ccccc2)c1. The highest BCUT2D eigenvalue weighted by Crippen LogP contribution is 2.18. The number of nitrogens with zero attached hydrogens (tertiary/aromatic N) is 2. The molecule has 2 N–H and O–H groups in total. The van der Waals surface area contributed by atoms with Crippen LogP contribution in [-0.4, -0.2) is 27.2 Å². The monoisotopic (exact) mass is 366 g/mol. The highest BCUT2D eigenvalue weighted by molar-refractivity contribution is 7.71. The van der Waals surface area contributed by atoms with Crippen LogP contribution < -0.4 is 5.32 Å². The fourth-order valence-corrected chi connectivity index (χ4v) is 3.05. The Bertz CT molecular complexity index is 930. The molecule has 0 fully saturated rings. The van der Waals surface area contributed by atoms with E-state index in [2.05, 4.69) is 33.7 Å². The predicted octanol–water partition coefficient (Wildman–Crippen LogP) is 3.67. The topological polar surface area (TPSA) is 62.7 Å². The normalized spacial score (nSPS) is 10.7. The van der Waals surface area contributed by atoms with Crippen LogP contribution in [0.4, 0.5) is 0 Å². The Hall–Kier alpha value is -2.73. The van der Waals surface area contributed by atoms with E-state index >= 15 is 0 Å². The molecule has 0 aliphatic rings. The molecule has 0 spiro atoms. The van der Waals surface area contributed by atoms with Crippen molar-refractivity contribution >= 4 is 18.1 Å². The smallest absolute Gasteiger partial charge is 0.221 e. The fourth-order valence-electron chi connectivity index (χ4n) is 2.82. The van der Waals surface area contributed by atoms with Crippen molar-refractivity contribution in [3.8, 4) is 11.4 Å². The van der Waals surface area contributed by atoms with Gasteiger partial charge in [0.2, 0.25) is 5.91 Å². The second kappa shape index (κ2) is 8.58. The van der Waals surface area contributed by atoms with E-state index in [4.69, 9.17) is 12.2 Å². The van der Waals surface area contributed by atoms with Gasteiger partial charge >= 0.3 is 0 Å². The molecule has 0 saturated carbocycles. The van der Waals surface area contributed by atoms with Gasteiger partial charge in [-0.15, -0.1) is 0 Å². The Morgan fingerprint density at radius 3 is 2.77 bits per heavy atom. The van der Waals surface area contributed by atoms with Crippen LogP contribution in [0.2, 0.25) is 0 Å². The first-order chi connectivity index (χ1) is 12.6. The Balaban J connectivity index is 1.57. The fraction of sp³-hybridized carbons (Fsp3) is 0.250. The van der Waals surface area contributed by atoms with Gasteiger partial charge in [0, 0.05) is 25.1 Å². The number of benzene rings is 2. The summed E-state index contributed by atoms with van der Waals surface area (Å²) in [5.41, 5.74) is 3.36. The number of aryl methyl sites for hydroxylation is 1. The van der Waals surface area contributed by atoms with Crippen molar-refractivity contribution in [2.45, 2.75) is 26.3 Å². The molecular weight excluding hydrogens is 344 g/mol. The van der Waals surface area contributed by atoms with E-state index in [1.165, 1.54) is 5.56 Å². The van der Waals surface area contributed by atoms with Crippen LogP contribution in [0.25, 0.3) is 11.4 Å². The average molecular weight is 366 g/mol. The molecule has 3 aromatic rings. The summed E-state index contributed by atoms with van der Waals surface area (Å²) in [6, 6.07) is 18.2. The molecule has 2 aromatic carbocycles. The molecule has 1 amide bonds. The maximum absolute atomic E-state index is 12.2. The molecule has 0 bridgehead atoms. The summed E-state index contributed by atoms with van der Waals surface area (Å²) < 4.78 is 2.40. The van der Waals surface area contributed by atoms with Gasteiger partial charge in [0.1, 0.15) is 0 Å². The van der Waals surface area contributed by atoms with Gasteiger partial charge in [0.15, 0.2) is 10.6 Å². The zero-order valence-corrected chi connectivity index (χ0v) is 15.6. The number of hydrogen-bond donors (Lipinski definition) is 2. The van der Waals surface area contributed by atoms with Gasteiger partial charge in [-0.1, -0.05) is 54.1 Å². The number of hydrogen-bond acceptors (Lipinski definition) is 3. The van der Waals surface area contributed by atoms with Crippen molar-refractivity contribution in [3.63, 3.8) is 0 Å². The molecule has 1 aromatic heterocycles. The van der Waals surface area contributed by atoms with Crippen molar-refractivity contribution in [2.75, 3.05) is 6.54 Å². The third-order valence-electron chi connectivity index (χ3n) is 4.18. The number of H-pyrrole nitrogens is 1. The third kappa shape index (κ3) is 4.67. The Kier molecular flexibility index (Phi) is 5.96. The molecule has 0 radical (unpaired) electrons. The van der Waals surface area contributed by atoms with E-state index in [0.717, 1.165) is 23.4 Å². The van der Waals surface area contributed by atoms with E-state index < -0.39 is 0 Å². The van der Waals surface area contributed by atoms with Crippen molar-refractivity contribution in [3.05, 3.63) is 70.5 Å². The lowest BCUT2D eigenvalue weighted by atomic mass is 10.1. The third-order valence-corrected chi connectivity index (χ3v) is 4.49. The van der Waals surface area contributed by atoms with E-state index in [1.54, 1.807) is 0 Å². The number of aromatic amines is 1. The van der Waals surface area contributed by atoms with Gasteiger partial charge in [-0.25, -0.2) is 0 Å². The number of carbonyl (C=O) groups excluding carboxylic acids is 1. The molecule has 0 atom stereocenters. The summed E-state index contributed by atoms with van der Waals surface area (Å²) in [4.78, 5) is 12.2. The highest BCUT2D eigenvalue weighted by atomic mass is 32.1. The number of nitrogens with one attached hydrogen (secondary N) is 2. The Morgan fingerprint density at radius 2 is 2.00 bits per heavy atom. The molecule has 6 heteroatoms. The van der Waals surface area contributed by atoms with Crippen molar-refractivity contribution < 1.29 is 4.79 Å². The van der Waals surface area contributed by atoms with Crippen LogP contribution in [0.5, 0.6) is 0 Å². The predicted molar refractivity (Wildman–Crippen MR) is 105 cm³/mol. The number of carbonyl (C=O) groups is 1. The van der Waals surface area contributed by atoms with Crippen molar-refractivity contribution in [2.24, 2.45) is 0 Å². The van der Waals surface area contributed by atoms with E-state index in [-0.39, 0.29) is 5.91 Å². The molecule has 26 heavy (non-hydrogen) atoms. The van der Waals surface area contributed by atoms with Gasteiger partial charge in [-0.05, 0) is 37.2 Å². The molecule has 0 aliphatic heterocycles. The minimum Gasteiger partial charge on any atom is -0.356 e. The Morgan fingerprint density at radius 1 is 1.19 bits per heavy atom. The minimum atomic E-state index is 0.0132. The number of amides is 1. The Labute approximate surface area is 158 Å². The molecule has 5 nitrogen and oxygen atoms in total. The zero-order chi connectivity index (χ0) is 18.4. The van der Waals surface area contributed by atoms with Crippen LogP contribution in [-0.2, 0) is 17.8 Å². The van der Waals surface area contributed by atoms with Crippen molar-refractivity contribution in [1.29, 1.82) is 0 Å². The first-order valence-corrected chi connectivity index (χ1v) is 9.07. The van der Waals surface area contributed by atoms with Crippen LogP contribution >= 0.6 is 12.2 Å².